The average molecular weight is 476 g/mol. The van der Waals surface area contributed by atoms with E-state index in [0.717, 1.165) is 48.7 Å². The van der Waals surface area contributed by atoms with E-state index >= 15 is 0 Å². The first-order chi connectivity index (χ1) is 16.5. The highest BCUT2D eigenvalue weighted by molar-refractivity contribution is 7.16. The maximum atomic E-state index is 12.9. The molecule has 0 radical (unpaired) electrons. The number of carbonyl (C=O) groups is 2. The van der Waals surface area contributed by atoms with E-state index in [4.69, 9.17) is 0 Å². The molecular formula is C26H29N5O2S. The molecule has 1 atom stereocenters. The number of nitrogens with zero attached hydrogens (tertiary/aromatic N) is 3. The second kappa shape index (κ2) is 9.22. The number of amides is 2. The van der Waals surface area contributed by atoms with Crippen molar-refractivity contribution in [3.05, 3.63) is 46.1 Å². The minimum atomic E-state index is -0.648. The number of piperidine rings is 1. The third-order valence-corrected chi connectivity index (χ3v) is 8.65. The molecule has 1 fully saturated rings. The van der Waals surface area contributed by atoms with Gasteiger partial charge in [0.15, 0.2) is 0 Å². The molecule has 7 nitrogen and oxygen atoms in total. The van der Waals surface area contributed by atoms with Crippen molar-refractivity contribution in [3.8, 4) is 6.07 Å². The molecule has 1 aliphatic carbocycles. The third kappa shape index (κ3) is 4.09. The van der Waals surface area contributed by atoms with Crippen LogP contribution in [0, 0.1) is 23.2 Å². The Kier molecular flexibility index (Phi) is 6.13. The van der Waals surface area contributed by atoms with Gasteiger partial charge < -0.3 is 15.2 Å². The highest BCUT2D eigenvalue weighted by Crippen LogP contribution is 2.41. The SMILES string of the molecule is CC(C)C1CCc2c(sc(NC(=O)C(=O)N3CCC(c4c[nH]c5ncccc45)CC3)c2C#N)C1. The number of hydrogen-bond donors (Lipinski definition) is 2. The van der Waals surface area contributed by atoms with Gasteiger partial charge in [-0.05, 0) is 73.1 Å². The molecule has 0 bridgehead atoms. The van der Waals surface area contributed by atoms with Crippen LogP contribution < -0.4 is 5.32 Å². The molecule has 1 unspecified atom stereocenters. The van der Waals surface area contributed by atoms with Crippen LogP contribution in [0.25, 0.3) is 11.0 Å². The Bertz CT molecular complexity index is 1280. The number of rotatable bonds is 3. The van der Waals surface area contributed by atoms with Crippen molar-refractivity contribution in [1.82, 2.24) is 14.9 Å². The number of H-pyrrole nitrogens is 1. The number of pyridine rings is 1. The van der Waals surface area contributed by atoms with E-state index in [1.165, 1.54) is 21.8 Å². The second-order valence-corrected chi connectivity index (χ2v) is 10.8. The summed E-state index contributed by atoms with van der Waals surface area (Å²) in [5, 5.41) is 14.2. The normalized spacial score (nSPS) is 18.6. The molecule has 2 N–H and O–H groups in total. The van der Waals surface area contributed by atoms with Crippen LogP contribution in [0.4, 0.5) is 5.00 Å². The molecular weight excluding hydrogens is 446 g/mol. The molecule has 0 aromatic carbocycles. The van der Waals surface area contributed by atoms with Crippen molar-refractivity contribution in [2.45, 2.75) is 51.9 Å². The van der Waals surface area contributed by atoms with Crippen molar-refractivity contribution >= 4 is 39.2 Å². The van der Waals surface area contributed by atoms with Crippen LogP contribution >= 0.6 is 11.3 Å². The Labute approximate surface area is 203 Å². The van der Waals surface area contributed by atoms with Crippen LogP contribution in [0.3, 0.4) is 0 Å². The van der Waals surface area contributed by atoms with Crippen LogP contribution in [0.5, 0.6) is 0 Å². The molecule has 2 aliphatic rings. The lowest BCUT2D eigenvalue weighted by atomic mass is 9.81. The Morgan fingerprint density at radius 1 is 1.29 bits per heavy atom. The Morgan fingerprint density at radius 2 is 2.09 bits per heavy atom. The molecule has 176 valence electrons. The minimum Gasteiger partial charge on any atom is -0.346 e. The molecule has 3 aromatic heterocycles. The van der Waals surface area contributed by atoms with E-state index in [-0.39, 0.29) is 0 Å². The van der Waals surface area contributed by atoms with Crippen molar-refractivity contribution in [1.29, 1.82) is 5.26 Å². The molecule has 34 heavy (non-hydrogen) atoms. The lowest BCUT2D eigenvalue weighted by Crippen LogP contribution is -2.43. The van der Waals surface area contributed by atoms with Gasteiger partial charge in [0.25, 0.3) is 0 Å². The van der Waals surface area contributed by atoms with Crippen LogP contribution in [0.15, 0.2) is 24.5 Å². The van der Waals surface area contributed by atoms with Crippen LogP contribution in [-0.4, -0.2) is 39.8 Å². The van der Waals surface area contributed by atoms with Gasteiger partial charge in [0.2, 0.25) is 0 Å². The number of carbonyl (C=O) groups excluding carboxylic acids is 2. The van der Waals surface area contributed by atoms with Gasteiger partial charge in [-0.25, -0.2) is 4.98 Å². The summed E-state index contributed by atoms with van der Waals surface area (Å²) in [5.41, 5.74) is 3.69. The Balaban J connectivity index is 1.24. The standard InChI is InChI=1S/C26H29N5O2S/c1-15(2)17-5-6-18-20(13-27)25(34-22(18)12-17)30-24(32)26(33)31-10-7-16(8-11-31)21-14-29-23-19(21)4-3-9-28-23/h3-4,9,14-17H,5-8,10-12H2,1-2H3,(H,28,29)(H,30,32). The van der Waals surface area contributed by atoms with Crippen molar-refractivity contribution in [2.75, 3.05) is 18.4 Å². The quantitative estimate of drug-likeness (QED) is 0.541. The number of aromatic amines is 1. The number of nitriles is 1. The van der Waals surface area contributed by atoms with Gasteiger partial charge in [-0.1, -0.05) is 13.8 Å². The molecule has 8 heteroatoms. The van der Waals surface area contributed by atoms with Crippen LogP contribution in [-0.2, 0) is 22.4 Å². The molecule has 5 rings (SSSR count). The van der Waals surface area contributed by atoms with E-state index in [2.05, 4.69) is 41.3 Å². The van der Waals surface area contributed by atoms with Gasteiger partial charge in [-0.2, -0.15) is 5.26 Å². The predicted octanol–water partition coefficient (Wildman–Crippen LogP) is 4.60. The van der Waals surface area contributed by atoms with Gasteiger partial charge in [0.05, 0.1) is 5.56 Å². The molecule has 2 amide bonds. The van der Waals surface area contributed by atoms with E-state index in [0.29, 0.717) is 41.4 Å². The summed E-state index contributed by atoms with van der Waals surface area (Å²) in [6, 6.07) is 6.27. The van der Waals surface area contributed by atoms with Gasteiger partial charge in [-0.15, -0.1) is 11.3 Å². The Morgan fingerprint density at radius 3 is 2.82 bits per heavy atom. The smallest absolute Gasteiger partial charge is 0.314 e. The maximum absolute atomic E-state index is 12.9. The summed E-state index contributed by atoms with van der Waals surface area (Å²) in [5.74, 6) is 0.341. The second-order valence-electron chi connectivity index (χ2n) is 9.73. The highest BCUT2D eigenvalue weighted by atomic mass is 32.1. The molecule has 0 saturated carbocycles. The minimum absolute atomic E-state index is 0.327. The predicted molar refractivity (Wildman–Crippen MR) is 133 cm³/mol. The average Bonchev–Trinajstić information content (AvgIpc) is 3.44. The summed E-state index contributed by atoms with van der Waals surface area (Å²) >= 11 is 1.47. The topological polar surface area (TPSA) is 102 Å². The first kappa shape index (κ1) is 22.6. The lowest BCUT2D eigenvalue weighted by molar-refractivity contribution is -0.143. The van der Waals surface area contributed by atoms with Crippen molar-refractivity contribution in [3.63, 3.8) is 0 Å². The van der Waals surface area contributed by atoms with Crippen LogP contribution in [0.1, 0.15) is 60.6 Å². The molecule has 4 heterocycles. The summed E-state index contributed by atoms with van der Waals surface area (Å²) in [4.78, 5) is 36.1. The van der Waals surface area contributed by atoms with E-state index in [1.54, 1.807) is 11.1 Å². The zero-order valence-corrected chi connectivity index (χ0v) is 20.4. The van der Waals surface area contributed by atoms with Gasteiger partial charge in [-0.3, -0.25) is 9.59 Å². The summed E-state index contributed by atoms with van der Waals surface area (Å²) in [6.07, 6.45) is 8.24. The van der Waals surface area contributed by atoms with Gasteiger partial charge in [0, 0.05) is 35.7 Å². The first-order valence-corrected chi connectivity index (χ1v) is 12.8. The highest BCUT2D eigenvalue weighted by Gasteiger charge is 2.31. The number of nitrogens with one attached hydrogen (secondary N) is 2. The third-order valence-electron chi connectivity index (χ3n) is 7.48. The zero-order valence-electron chi connectivity index (χ0n) is 19.6. The van der Waals surface area contributed by atoms with Gasteiger partial charge >= 0.3 is 11.8 Å². The van der Waals surface area contributed by atoms with Crippen molar-refractivity contribution in [2.24, 2.45) is 11.8 Å². The van der Waals surface area contributed by atoms with E-state index < -0.39 is 11.8 Å². The largest absolute Gasteiger partial charge is 0.346 e. The number of fused-ring (bicyclic) bond motifs is 2. The lowest BCUT2D eigenvalue weighted by Gasteiger charge is -2.31. The fraction of sp³-hybridized carbons (Fsp3) is 0.462. The molecule has 3 aromatic rings. The summed E-state index contributed by atoms with van der Waals surface area (Å²) < 4.78 is 0. The van der Waals surface area contributed by atoms with Crippen molar-refractivity contribution < 1.29 is 9.59 Å². The number of hydrogen-bond acceptors (Lipinski definition) is 5. The zero-order chi connectivity index (χ0) is 23.8. The molecule has 1 saturated heterocycles. The fourth-order valence-electron chi connectivity index (χ4n) is 5.40. The summed E-state index contributed by atoms with van der Waals surface area (Å²) in [7, 11) is 0. The number of thiophene rings is 1. The summed E-state index contributed by atoms with van der Waals surface area (Å²) in [6.45, 7) is 5.53. The maximum Gasteiger partial charge on any atom is 0.314 e. The monoisotopic (exact) mass is 475 g/mol. The van der Waals surface area contributed by atoms with Gasteiger partial charge in [0.1, 0.15) is 16.7 Å². The number of anilines is 1. The molecule has 1 aliphatic heterocycles. The van der Waals surface area contributed by atoms with E-state index in [9.17, 15) is 14.9 Å². The first-order valence-electron chi connectivity index (χ1n) is 12.0. The Hall–Kier alpha value is -3.18. The van der Waals surface area contributed by atoms with E-state index in [1.807, 2.05) is 12.3 Å². The van der Waals surface area contributed by atoms with Crippen LogP contribution in [0.2, 0.25) is 0 Å². The number of aromatic nitrogens is 2. The molecule has 0 spiro atoms. The fourth-order valence-corrected chi connectivity index (χ4v) is 6.68. The number of likely N-dealkylation sites (tertiary alicyclic amines) is 1.